The SMILES string of the molecule is COC(=O)c1cccc(-n2c(C)cc(/C=N\NC(=O)c3cc4ccccc4o3)c2C)c1C. The van der Waals surface area contributed by atoms with Crippen LogP contribution >= 0.6 is 0 Å². The van der Waals surface area contributed by atoms with E-state index in [0.717, 1.165) is 33.6 Å². The van der Waals surface area contributed by atoms with Gasteiger partial charge in [0, 0.05) is 28.0 Å². The van der Waals surface area contributed by atoms with Gasteiger partial charge in [-0.25, -0.2) is 10.2 Å². The van der Waals surface area contributed by atoms with E-state index in [4.69, 9.17) is 9.15 Å². The van der Waals surface area contributed by atoms with Crippen molar-refractivity contribution in [2.75, 3.05) is 7.11 Å². The molecule has 0 aliphatic carbocycles. The highest BCUT2D eigenvalue weighted by Gasteiger charge is 2.17. The number of furan rings is 1. The van der Waals surface area contributed by atoms with Crippen LogP contribution in [0.3, 0.4) is 0 Å². The quantitative estimate of drug-likeness (QED) is 0.283. The van der Waals surface area contributed by atoms with E-state index in [1.165, 1.54) is 7.11 Å². The number of fused-ring (bicyclic) bond motifs is 1. The predicted octanol–water partition coefficient (Wildman–Crippen LogP) is 4.70. The topological polar surface area (TPSA) is 85.8 Å². The summed E-state index contributed by atoms with van der Waals surface area (Å²) in [6.07, 6.45) is 1.60. The van der Waals surface area contributed by atoms with E-state index in [-0.39, 0.29) is 11.7 Å². The van der Waals surface area contributed by atoms with Crippen molar-refractivity contribution >= 4 is 29.1 Å². The molecule has 0 radical (unpaired) electrons. The number of esters is 1. The minimum Gasteiger partial charge on any atom is -0.465 e. The minimum absolute atomic E-state index is 0.198. The Balaban J connectivity index is 1.58. The third kappa shape index (κ3) is 3.80. The van der Waals surface area contributed by atoms with E-state index in [0.29, 0.717) is 11.1 Å². The van der Waals surface area contributed by atoms with E-state index in [9.17, 15) is 9.59 Å². The van der Waals surface area contributed by atoms with Crippen LogP contribution < -0.4 is 5.43 Å². The fourth-order valence-electron chi connectivity index (χ4n) is 3.80. The first kappa shape index (κ1) is 21.1. The molecule has 0 atom stereocenters. The van der Waals surface area contributed by atoms with Crippen LogP contribution in [0.25, 0.3) is 16.7 Å². The van der Waals surface area contributed by atoms with Gasteiger partial charge in [-0.2, -0.15) is 5.10 Å². The molecule has 0 fully saturated rings. The van der Waals surface area contributed by atoms with E-state index < -0.39 is 5.91 Å². The van der Waals surface area contributed by atoms with Crippen molar-refractivity contribution in [3.8, 4) is 5.69 Å². The van der Waals surface area contributed by atoms with Crippen molar-refractivity contribution in [1.82, 2.24) is 9.99 Å². The summed E-state index contributed by atoms with van der Waals surface area (Å²) in [5.41, 5.74) is 8.12. The molecule has 0 unspecified atom stereocenters. The standard InChI is InChI=1S/C25H23N3O4/c1-15-12-19(14-26-27-24(29)23-13-18-8-5-6-11-22(18)32-23)17(3)28(15)21-10-7-9-20(16(21)2)25(30)31-4/h5-14H,1-4H3,(H,27,29)/b26-14-. The zero-order chi connectivity index (χ0) is 22.8. The summed E-state index contributed by atoms with van der Waals surface area (Å²) in [6, 6.07) is 16.6. The lowest BCUT2D eigenvalue weighted by atomic mass is 10.1. The highest BCUT2D eigenvalue weighted by Crippen LogP contribution is 2.25. The number of aryl methyl sites for hydroxylation is 1. The van der Waals surface area contributed by atoms with Crippen LogP contribution in [0.2, 0.25) is 0 Å². The first-order chi connectivity index (χ1) is 15.4. The highest BCUT2D eigenvalue weighted by atomic mass is 16.5. The third-order valence-corrected chi connectivity index (χ3v) is 5.44. The Bertz CT molecular complexity index is 1330. The lowest BCUT2D eigenvalue weighted by Crippen LogP contribution is -2.16. The molecule has 0 spiro atoms. The summed E-state index contributed by atoms with van der Waals surface area (Å²) in [6.45, 7) is 5.82. The molecule has 7 nitrogen and oxygen atoms in total. The van der Waals surface area contributed by atoms with E-state index in [1.54, 1.807) is 24.4 Å². The molecule has 4 aromatic rings. The number of amides is 1. The normalized spacial score (nSPS) is 11.2. The smallest absolute Gasteiger partial charge is 0.338 e. The Kier molecular flexibility index (Phi) is 5.64. The average molecular weight is 429 g/mol. The Morgan fingerprint density at radius 3 is 2.59 bits per heavy atom. The van der Waals surface area contributed by atoms with Crippen molar-refractivity contribution < 1.29 is 18.7 Å². The van der Waals surface area contributed by atoms with Gasteiger partial charge < -0.3 is 13.7 Å². The maximum atomic E-state index is 12.4. The zero-order valence-electron chi connectivity index (χ0n) is 18.3. The number of hydrogen-bond donors (Lipinski definition) is 1. The van der Waals surface area contributed by atoms with Gasteiger partial charge >= 0.3 is 11.9 Å². The lowest BCUT2D eigenvalue weighted by Gasteiger charge is -2.15. The predicted molar refractivity (Wildman–Crippen MR) is 123 cm³/mol. The van der Waals surface area contributed by atoms with Crippen LogP contribution in [-0.2, 0) is 4.74 Å². The number of rotatable bonds is 5. The largest absolute Gasteiger partial charge is 0.465 e. The van der Waals surface area contributed by atoms with Crippen LogP contribution in [0.4, 0.5) is 0 Å². The molecule has 0 aliphatic heterocycles. The van der Waals surface area contributed by atoms with Crippen molar-refractivity contribution in [2.24, 2.45) is 5.10 Å². The molecule has 1 N–H and O–H groups in total. The van der Waals surface area contributed by atoms with Crippen LogP contribution in [0, 0.1) is 20.8 Å². The molecular weight excluding hydrogens is 406 g/mol. The van der Waals surface area contributed by atoms with Crippen LogP contribution in [0.15, 0.2) is 64.1 Å². The molecule has 0 saturated heterocycles. The second-order valence-electron chi connectivity index (χ2n) is 7.45. The second kappa shape index (κ2) is 8.55. The summed E-state index contributed by atoms with van der Waals surface area (Å²) in [7, 11) is 1.37. The average Bonchev–Trinajstić information content (AvgIpc) is 3.34. The number of ether oxygens (including phenoxy) is 1. The molecule has 162 valence electrons. The minimum atomic E-state index is -0.423. The summed E-state index contributed by atoms with van der Waals surface area (Å²) in [5.74, 6) is -0.598. The van der Waals surface area contributed by atoms with Crippen LogP contribution in [0.1, 0.15) is 43.4 Å². The van der Waals surface area contributed by atoms with Crippen molar-refractivity contribution in [3.63, 3.8) is 0 Å². The molecule has 2 heterocycles. The molecule has 2 aromatic heterocycles. The number of hydrogen-bond acceptors (Lipinski definition) is 5. The molecule has 0 aliphatic rings. The van der Waals surface area contributed by atoms with E-state index >= 15 is 0 Å². The number of carbonyl (C=O) groups excluding carboxylic acids is 2. The molecule has 2 aromatic carbocycles. The number of carbonyl (C=O) groups is 2. The number of para-hydroxylation sites is 1. The van der Waals surface area contributed by atoms with E-state index in [2.05, 4.69) is 10.5 Å². The van der Waals surface area contributed by atoms with Gasteiger partial charge in [-0.05, 0) is 56.7 Å². The highest BCUT2D eigenvalue weighted by molar-refractivity contribution is 5.96. The summed E-state index contributed by atoms with van der Waals surface area (Å²) < 4.78 is 12.5. The third-order valence-electron chi connectivity index (χ3n) is 5.44. The molecule has 0 saturated carbocycles. The van der Waals surface area contributed by atoms with Gasteiger partial charge in [0.1, 0.15) is 5.58 Å². The number of aromatic nitrogens is 1. The van der Waals surface area contributed by atoms with E-state index in [1.807, 2.05) is 61.7 Å². The van der Waals surface area contributed by atoms with Gasteiger partial charge in [-0.1, -0.05) is 24.3 Å². The van der Waals surface area contributed by atoms with Gasteiger partial charge in [-0.3, -0.25) is 4.79 Å². The Hall–Kier alpha value is -4.13. The second-order valence-corrected chi connectivity index (χ2v) is 7.45. The molecular formula is C25H23N3O4. The number of benzene rings is 2. The van der Waals surface area contributed by atoms with Crippen LogP contribution in [0.5, 0.6) is 0 Å². The molecule has 32 heavy (non-hydrogen) atoms. The summed E-state index contributed by atoms with van der Waals surface area (Å²) in [5, 5.41) is 4.96. The molecule has 1 amide bonds. The fraction of sp³-hybridized carbons (Fsp3) is 0.160. The van der Waals surface area contributed by atoms with Gasteiger partial charge in [0.2, 0.25) is 0 Å². The first-order valence-electron chi connectivity index (χ1n) is 10.1. The number of nitrogens with one attached hydrogen (secondary N) is 1. The molecule has 0 bridgehead atoms. The Morgan fingerprint density at radius 1 is 1.06 bits per heavy atom. The van der Waals surface area contributed by atoms with Gasteiger partial charge in [-0.15, -0.1) is 0 Å². The maximum absolute atomic E-state index is 12.4. The van der Waals surface area contributed by atoms with Gasteiger partial charge in [0.15, 0.2) is 5.76 Å². The molecule has 7 heteroatoms. The van der Waals surface area contributed by atoms with Crippen molar-refractivity contribution in [2.45, 2.75) is 20.8 Å². The Morgan fingerprint density at radius 2 is 1.84 bits per heavy atom. The van der Waals surface area contributed by atoms with Gasteiger partial charge in [0.25, 0.3) is 0 Å². The molecule has 4 rings (SSSR count). The zero-order valence-corrected chi connectivity index (χ0v) is 18.3. The lowest BCUT2D eigenvalue weighted by molar-refractivity contribution is 0.0599. The fourth-order valence-corrected chi connectivity index (χ4v) is 3.80. The number of nitrogens with zero attached hydrogens (tertiary/aromatic N) is 2. The first-order valence-corrected chi connectivity index (χ1v) is 10.1. The van der Waals surface area contributed by atoms with Crippen molar-refractivity contribution in [1.29, 1.82) is 0 Å². The summed E-state index contributed by atoms with van der Waals surface area (Å²) >= 11 is 0. The van der Waals surface area contributed by atoms with Crippen LogP contribution in [-0.4, -0.2) is 29.8 Å². The summed E-state index contributed by atoms with van der Waals surface area (Å²) in [4.78, 5) is 24.5. The number of methoxy groups -OCH3 is 1. The number of hydrazone groups is 1. The Labute approximate surface area is 185 Å². The maximum Gasteiger partial charge on any atom is 0.338 e. The van der Waals surface area contributed by atoms with Crippen molar-refractivity contribution in [3.05, 3.63) is 88.4 Å². The monoisotopic (exact) mass is 429 g/mol. The van der Waals surface area contributed by atoms with Gasteiger partial charge in [0.05, 0.1) is 18.9 Å².